The number of primary amides is 1. The Morgan fingerprint density at radius 1 is 1.26 bits per heavy atom. The fourth-order valence-electron chi connectivity index (χ4n) is 4.58. The van der Waals surface area contributed by atoms with Gasteiger partial charge < -0.3 is 10.5 Å². The lowest BCUT2D eigenvalue weighted by Crippen LogP contribution is -2.45. The number of nitrogens with two attached hydrogens (primary N) is 1. The maximum Gasteiger partial charge on any atom is 0.417 e. The standard InChI is InChI=1S/C24H26ClF4N3O2/c1-2-16-9-17(34-23-20(25)8-15(11-31-23)24(27,28)29)5-6-32(16)12-14-7-21(26)19(22(30)33)10-18(14)13-3-4-13/h7-8,10-11,13,16-17H,2-6,9,12H2,1H3,(H2,30,33)/t16-,17-/m0/s1. The second-order valence-electron chi connectivity index (χ2n) is 8.97. The SMILES string of the molecule is CC[C@H]1C[C@@H](Oc2ncc(C(F)(F)F)cc2Cl)CCN1Cc1cc(F)c(C(N)=O)cc1C1CC1. The van der Waals surface area contributed by atoms with E-state index in [1.54, 1.807) is 6.07 Å². The Kier molecular flexibility index (Phi) is 7.05. The molecule has 0 spiro atoms. The van der Waals surface area contributed by atoms with Crippen LogP contribution in [0.25, 0.3) is 0 Å². The lowest BCUT2D eigenvalue weighted by atomic mass is 9.94. The van der Waals surface area contributed by atoms with Gasteiger partial charge in [0.15, 0.2) is 0 Å². The number of piperidine rings is 1. The quantitative estimate of drug-likeness (QED) is 0.497. The summed E-state index contributed by atoms with van der Waals surface area (Å²) in [5.74, 6) is -1.07. The third kappa shape index (κ3) is 5.46. The van der Waals surface area contributed by atoms with Crippen molar-refractivity contribution in [1.82, 2.24) is 9.88 Å². The number of alkyl halides is 3. The number of pyridine rings is 1. The van der Waals surface area contributed by atoms with Crippen molar-refractivity contribution in [1.29, 1.82) is 0 Å². The Hall–Kier alpha value is -2.39. The van der Waals surface area contributed by atoms with Crippen molar-refractivity contribution in [2.45, 2.75) is 69.8 Å². The molecule has 1 aliphatic carbocycles. The topological polar surface area (TPSA) is 68.4 Å². The van der Waals surface area contributed by atoms with Gasteiger partial charge in [0.2, 0.25) is 5.88 Å². The van der Waals surface area contributed by atoms with Crippen LogP contribution in [-0.2, 0) is 12.7 Å². The lowest BCUT2D eigenvalue weighted by Gasteiger charge is -2.39. The number of hydrogen-bond donors (Lipinski definition) is 1. The zero-order valence-corrected chi connectivity index (χ0v) is 19.4. The predicted octanol–water partition coefficient (Wildman–Crippen LogP) is 5.69. The Balaban J connectivity index is 1.46. The normalized spacial score (nSPS) is 21.5. The summed E-state index contributed by atoms with van der Waals surface area (Å²) in [5.41, 5.74) is 6.16. The van der Waals surface area contributed by atoms with Crippen molar-refractivity contribution >= 4 is 17.5 Å². The summed E-state index contributed by atoms with van der Waals surface area (Å²) in [6.45, 7) is 3.24. The number of halogens is 5. The fraction of sp³-hybridized carbons (Fsp3) is 0.500. The number of aromatic nitrogens is 1. The number of likely N-dealkylation sites (tertiary alicyclic amines) is 1. The van der Waals surface area contributed by atoms with Crippen molar-refractivity contribution in [3.05, 3.63) is 57.5 Å². The molecule has 1 saturated carbocycles. The van der Waals surface area contributed by atoms with Gasteiger partial charge >= 0.3 is 6.18 Å². The first kappa shape index (κ1) is 24.7. The van der Waals surface area contributed by atoms with E-state index in [0.29, 0.717) is 31.8 Å². The summed E-state index contributed by atoms with van der Waals surface area (Å²) in [4.78, 5) is 17.6. The maximum atomic E-state index is 14.5. The molecule has 1 saturated heterocycles. The summed E-state index contributed by atoms with van der Waals surface area (Å²) >= 11 is 6.00. The van der Waals surface area contributed by atoms with Crippen LogP contribution in [0, 0.1) is 5.82 Å². The van der Waals surface area contributed by atoms with Crippen LogP contribution in [0.15, 0.2) is 24.4 Å². The van der Waals surface area contributed by atoms with E-state index in [2.05, 4.69) is 9.88 Å². The Labute approximate surface area is 200 Å². The Bertz CT molecular complexity index is 1070. The first-order chi connectivity index (χ1) is 16.1. The van der Waals surface area contributed by atoms with E-state index in [4.69, 9.17) is 22.1 Å². The Morgan fingerprint density at radius 3 is 2.59 bits per heavy atom. The molecular formula is C24H26ClF4N3O2. The molecule has 2 atom stereocenters. The maximum absolute atomic E-state index is 14.5. The molecule has 2 N–H and O–H groups in total. The molecule has 184 valence electrons. The van der Waals surface area contributed by atoms with Crippen LogP contribution in [-0.4, -0.2) is 34.5 Å². The number of benzene rings is 1. The van der Waals surface area contributed by atoms with Gasteiger partial charge in [0, 0.05) is 25.3 Å². The molecule has 5 nitrogen and oxygen atoms in total. The van der Waals surface area contributed by atoms with E-state index in [0.717, 1.165) is 42.7 Å². The number of carbonyl (C=O) groups is 1. The third-order valence-corrected chi connectivity index (χ3v) is 6.83. The summed E-state index contributed by atoms with van der Waals surface area (Å²) in [7, 11) is 0. The molecule has 2 aliphatic rings. The van der Waals surface area contributed by atoms with Gasteiger partial charge in [0.1, 0.15) is 16.9 Å². The largest absolute Gasteiger partial charge is 0.473 e. The van der Waals surface area contributed by atoms with E-state index in [9.17, 15) is 22.4 Å². The predicted molar refractivity (Wildman–Crippen MR) is 119 cm³/mol. The van der Waals surface area contributed by atoms with Gasteiger partial charge in [-0.15, -0.1) is 0 Å². The fourth-order valence-corrected chi connectivity index (χ4v) is 4.79. The highest BCUT2D eigenvalue weighted by molar-refractivity contribution is 6.31. The smallest absolute Gasteiger partial charge is 0.417 e. The molecule has 2 heterocycles. The van der Waals surface area contributed by atoms with E-state index < -0.39 is 23.5 Å². The molecule has 1 aromatic carbocycles. The molecule has 1 aromatic heterocycles. The number of nitrogens with zero attached hydrogens (tertiary/aromatic N) is 2. The van der Waals surface area contributed by atoms with Crippen LogP contribution >= 0.6 is 11.6 Å². The molecule has 0 bridgehead atoms. The van der Waals surface area contributed by atoms with E-state index in [1.807, 2.05) is 6.92 Å². The van der Waals surface area contributed by atoms with Crippen LogP contribution in [0.4, 0.5) is 17.6 Å². The molecule has 2 aromatic rings. The molecule has 0 radical (unpaired) electrons. The molecule has 4 rings (SSSR count). The minimum atomic E-state index is -4.53. The molecule has 1 amide bonds. The van der Waals surface area contributed by atoms with Crippen LogP contribution in [0.1, 0.15) is 72.0 Å². The first-order valence-electron chi connectivity index (χ1n) is 11.3. The minimum absolute atomic E-state index is 0.0110. The number of rotatable bonds is 7. The Morgan fingerprint density at radius 2 is 2.00 bits per heavy atom. The van der Waals surface area contributed by atoms with Crippen LogP contribution in [0.3, 0.4) is 0 Å². The molecule has 10 heteroatoms. The van der Waals surface area contributed by atoms with E-state index in [-0.39, 0.29) is 28.6 Å². The number of amides is 1. The lowest BCUT2D eigenvalue weighted by molar-refractivity contribution is -0.137. The second-order valence-corrected chi connectivity index (χ2v) is 9.38. The third-order valence-electron chi connectivity index (χ3n) is 6.56. The molecule has 34 heavy (non-hydrogen) atoms. The van der Waals surface area contributed by atoms with Gasteiger partial charge in [-0.2, -0.15) is 13.2 Å². The molecule has 2 fully saturated rings. The van der Waals surface area contributed by atoms with Gasteiger partial charge in [-0.25, -0.2) is 9.37 Å². The average Bonchev–Trinajstić information content (AvgIpc) is 3.60. The highest BCUT2D eigenvalue weighted by Crippen LogP contribution is 2.43. The number of ether oxygens (including phenoxy) is 1. The summed E-state index contributed by atoms with van der Waals surface area (Å²) in [6, 6.07) is 3.97. The number of carbonyl (C=O) groups excluding carboxylic acids is 1. The summed E-state index contributed by atoms with van der Waals surface area (Å²) in [5, 5.41) is -0.176. The summed E-state index contributed by atoms with van der Waals surface area (Å²) < 4.78 is 58.9. The van der Waals surface area contributed by atoms with Crippen molar-refractivity contribution in [2.24, 2.45) is 5.73 Å². The van der Waals surface area contributed by atoms with Crippen LogP contribution < -0.4 is 10.5 Å². The second kappa shape index (κ2) is 9.70. The minimum Gasteiger partial charge on any atom is -0.473 e. The van der Waals surface area contributed by atoms with Gasteiger partial charge in [0.25, 0.3) is 5.91 Å². The zero-order valence-electron chi connectivity index (χ0n) is 18.7. The van der Waals surface area contributed by atoms with Gasteiger partial charge in [-0.3, -0.25) is 9.69 Å². The number of hydrogen-bond acceptors (Lipinski definition) is 4. The van der Waals surface area contributed by atoms with Crippen LogP contribution in [0.5, 0.6) is 5.88 Å². The van der Waals surface area contributed by atoms with Crippen molar-refractivity contribution in [2.75, 3.05) is 6.54 Å². The highest BCUT2D eigenvalue weighted by atomic mass is 35.5. The van der Waals surface area contributed by atoms with Gasteiger partial charge in [0.05, 0.1) is 11.1 Å². The van der Waals surface area contributed by atoms with Crippen molar-refractivity contribution < 1.29 is 27.1 Å². The molecular weight excluding hydrogens is 474 g/mol. The molecule has 1 aliphatic heterocycles. The van der Waals surface area contributed by atoms with Gasteiger partial charge in [-0.1, -0.05) is 18.5 Å². The van der Waals surface area contributed by atoms with Crippen molar-refractivity contribution in [3.63, 3.8) is 0 Å². The van der Waals surface area contributed by atoms with E-state index in [1.165, 1.54) is 6.07 Å². The average molecular weight is 500 g/mol. The van der Waals surface area contributed by atoms with Gasteiger partial charge in [-0.05, 0) is 67.3 Å². The summed E-state index contributed by atoms with van der Waals surface area (Å²) in [6.07, 6.45) is 0.0239. The monoisotopic (exact) mass is 499 g/mol. The van der Waals surface area contributed by atoms with Crippen molar-refractivity contribution in [3.8, 4) is 5.88 Å². The zero-order chi connectivity index (χ0) is 24.6. The highest BCUT2D eigenvalue weighted by Gasteiger charge is 2.34. The van der Waals surface area contributed by atoms with Crippen LogP contribution in [0.2, 0.25) is 5.02 Å². The first-order valence-corrected chi connectivity index (χ1v) is 11.7. The molecule has 0 unspecified atom stereocenters. The van der Waals surface area contributed by atoms with E-state index >= 15 is 0 Å².